The van der Waals surface area contributed by atoms with E-state index in [-0.39, 0.29) is 28.1 Å². The molecule has 0 amide bonds. The SMILES string of the molecule is CC1(C)CC(=O)C2=C(C1)OC1=C(C(=O)CC(C)(C)C1)C2c1ccccc1OC(F)F. The minimum Gasteiger partial charge on any atom is -0.465 e. The summed E-state index contributed by atoms with van der Waals surface area (Å²) < 4.78 is 37.1. The molecule has 160 valence electrons. The lowest BCUT2D eigenvalue weighted by Crippen LogP contribution is -2.37. The van der Waals surface area contributed by atoms with E-state index in [1.165, 1.54) is 6.07 Å². The quantitative estimate of drug-likeness (QED) is 0.635. The minimum absolute atomic E-state index is 0.0200. The molecule has 1 aromatic rings. The number of ether oxygens (including phenoxy) is 2. The van der Waals surface area contributed by atoms with Crippen molar-refractivity contribution in [2.75, 3.05) is 0 Å². The van der Waals surface area contributed by atoms with Gasteiger partial charge in [-0.2, -0.15) is 8.78 Å². The second-order valence-electron chi connectivity index (χ2n) is 10.0. The topological polar surface area (TPSA) is 52.6 Å². The predicted octanol–water partition coefficient (Wildman–Crippen LogP) is 5.69. The Balaban J connectivity index is 1.93. The van der Waals surface area contributed by atoms with Gasteiger partial charge in [-0.25, -0.2) is 0 Å². The molecule has 2 aliphatic carbocycles. The summed E-state index contributed by atoms with van der Waals surface area (Å²) in [5, 5.41) is 0. The van der Waals surface area contributed by atoms with Gasteiger partial charge in [0.25, 0.3) is 0 Å². The fraction of sp³-hybridized carbons (Fsp3) is 0.500. The summed E-state index contributed by atoms with van der Waals surface area (Å²) in [5.41, 5.74) is 0.678. The summed E-state index contributed by atoms with van der Waals surface area (Å²) in [7, 11) is 0. The molecule has 4 nitrogen and oxygen atoms in total. The molecule has 0 radical (unpaired) electrons. The van der Waals surface area contributed by atoms with Gasteiger partial charge in [-0.15, -0.1) is 0 Å². The maximum absolute atomic E-state index is 13.2. The summed E-state index contributed by atoms with van der Waals surface area (Å²) in [4.78, 5) is 26.4. The molecule has 1 aromatic carbocycles. The third-order valence-corrected chi connectivity index (χ3v) is 6.03. The van der Waals surface area contributed by atoms with Gasteiger partial charge < -0.3 is 9.47 Å². The molecule has 30 heavy (non-hydrogen) atoms. The first-order valence-electron chi connectivity index (χ1n) is 10.2. The van der Waals surface area contributed by atoms with E-state index in [9.17, 15) is 18.4 Å². The molecule has 1 heterocycles. The Morgan fingerprint density at radius 3 is 1.90 bits per heavy atom. The number of carbonyl (C=O) groups excluding carboxylic acids is 2. The molecule has 0 atom stereocenters. The molecule has 0 saturated carbocycles. The summed E-state index contributed by atoms with van der Waals surface area (Å²) >= 11 is 0. The van der Waals surface area contributed by atoms with Crippen LogP contribution in [0.1, 0.15) is 64.9 Å². The molecule has 4 rings (SSSR count). The van der Waals surface area contributed by atoms with Gasteiger partial charge in [-0.3, -0.25) is 9.59 Å². The highest BCUT2D eigenvalue weighted by molar-refractivity contribution is 6.06. The monoisotopic (exact) mass is 416 g/mol. The largest absolute Gasteiger partial charge is 0.465 e. The molecule has 0 unspecified atom stereocenters. The molecule has 0 fully saturated rings. The van der Waals surface area contributed by atoms with Crippen molar-refractivity contribution < 1.29 is 27.8 Å². The van der Waals surface area contributed by atoms with Crippen molar-refractivity contribution in [3.63, 3.8) is 0 Å². The fourth-order valence-electron chi connectivity index (χ4n) is 4.91. The van der Waals surface area contributed by atoms with Gasteiger partial charge in [0.15, 0.2) is 11.6 Å². The Bertz CT molecular complexity index is 933. The zero-order chi connectivity index (χ0) is 21.8. The van der Waals surface area contributed by atoms with Crippen LogP contribution in [0.2, 0.25) is 0 Å². The van der Waals surface area contributed by atoms with Gasteiger partial charge in [0.05, 0.1) is 5.92 Å². The number of Topliss-reactive ketones (excluding diaryl/α,β-unsaturated/α-hetero) is 2. The van der Waals surface area contributed by atoms with Crippen molar-refractivity contribution in [3.05, 3.63) is 52.5 Å². The molecular weight excluding hydrogens is 390 g/mol. The van der Waals surface area contributed by atoms with E-state index in [1.54, 1.807) is 18.2 Å². The fourth-order valence-corrected chi connectivity index (χ4v) is 4.91. The van der Waals surface area contributed by atoms with Gasteiger partial charge in [0.2, 0.25) is 0 Å². The standard InChI is InChI=1S/C24H26F2O4/c1-23(2)9-14(27)20-17(11-23)29-18-12-24(3,4)10-15(28)21(18)19(20)13-7-5-6-8-16(13)30-22(25)26/h5-8,19,22H,9-12H2,1-4H3. The number of hydrogen-bond donors (Lipinski definition) is 0. The van der Waals surface area contributed by atoms with Crippen molar-refractivity contribution >= 4 is 11.6 Å². The maximum Gasteiger partial charge on any atom is 0.387 e. The molecule has 0 bridgehead atoms. The Kier molecular flexibility index (Phi) is 4.87. The van der Waals surface area contributed by atoms with E-state index in [0.29, 0.717) is 53.9 Å². The summed E-state index contributed by atoms with van der Waals surface area (Å²) in [6.07, 6.45) is 1.72. The van der Waals surface area contributed by atoms with E-state index in [1.807, 2.05) is 27.7 Å². The number of ketones is 2. The average molecular weight is 416 g/mol. The third kappa shape index (κ3) is 3.68. The van der Waals surface area contributed by atoms with Crippen molar-refractivity contribution in [1.82, 2.24) is 0 Å². The highest BCUT2D eigenvalue weighted by Gasteiger charge is 2.48. The molecule has 3 aliphatic rings. The highest BCUT2D eigenvalue weighted by atomic mass is 19.3. The Morgan fingerprint density at radius 1 is 0.900 bits per heavy atom. The van der Waals surface area contributed by atoms with Crippen LogP contribution in [-0.4, -0.2) is 18.2 Å². The lowest BCUT2D eigenvalue weighted by Gasteiger charge is -2.42. The summed E-state index contributed by atoms with van der Waals surface area (Å²) in [6, 6.07) is 6.41. The van der Waals surface area contributed by atoms with E-state index >= 15 is 0 Å². The van der Waals surface area contributed by atoms with E-state index in [0.717, 1.165) is 0 Å². The summed E-state index contributed by atoms with van der Waals surface area (Å²) in [6.45, 7) is 5.00. The molecule has 1 aliphatic heterocycles. The number of benzene rings is 1. The highest BCUT2D eigenvalue weighted by Crippen LogP contribution is 2.54. The van der Waals surface area contributed by atoms with E-state index in [2.05, 4.69) is 0 Å². The zero-order valence-electron chi connectivity index (χ0n) is 17.7. The number of alkyl halides is 2. The zero-order valence-corrected chi connectivity index (χ0v) is 17.7. The Hall–Kier alpha value is -2.50. The van der Waals surface area contributed by atoms with Crippen LogP contribution in [0.3, 0.4) is 0 Å². The normalized spacial score (nSPS) is 23.3. The van der Waals surface area contributed by atoms with Crippen LogP contribution in [0.4, 0.5) is 8.78 Å². The number of rotatable bonds is 3. The Labute approximate surface area is 174 Å². The number of hydrogen-bond acceptors (Lipinski definition) is 4. The van der Waals surface area contributed by atoms with Crippen LogP contribution >= 0.6 is 0 Å². The molecule has 0 spiro atoms. The van der Waals surface area contributed by atoms with Crippen LogP contribution in [-0.2, 0) is 14.3 Å². The second kappa shape index (κ2) is 7.03. The van der Waals surface area contributed by atoms with Gasteiger partial charge in [0.1, 0.15) is 17.3 Å². The summed E-state index contributed by atoms with van der Waals surface area (Å²) in [5.74, 6) is 0.124. The van der Waals surface area contributed by atoms with E-state index in [4.69, 9.17) is 9.47 Å². The third-order valence-electron chi connectivity index (χ3n) is 6.03. The number of allylic oxidation sites excluding steroid dienone is 4. The first-order valence-corrected chi connectivity index (χ1v) is 10.2. The lowest BCUT2D eigenvalue weighted by atomic mass is 9.65. The number of halogens is 2. The smallest absolute Gasteiger partial charge is 0.387 e. The first-order chi connectivity index (χ1) is 14.0. The van der Waals surface area contributed by atoms with Crippen LogP contribution in [0.25, 0.3) is 0 Å². The van der Waals surface area contributed by atoms with Crippen LogP contribution in [0, 0.1) is 10.8 Å². The van der Waals surface area contributed by atoms with Crippen molar-refractivity contribution in [3.8, 4) is 5.75 Å². The van der Waals surface area contributed by atoms with Gasteiger partial charge in [-0.05, 0) is 16.9 Å². The van der Waals surface area contributed by atoms with Crippen molar-refractivity contribution in [2.24, 2.45) is 10.8 Å². The van der Waals surface area contributed by atoms with Gasteiger partial charge in [-0.1, -0.05) is 45.9 Å². The molecule has 0 aromatic heterocycles. The van der Waals surface area contributed by atoms with Gasteiger partial charge >= 0.3 is 6.61 Å². The van der Waals surface area contributed by atoms with Crippen molar-refractivity contribution in [1.29, 1.82) is 0 Å². The molecule has 0 N–H and O–H groups in total. The van der Waals surface area contributed by atoms with Crippen LogP contribution < -0.4 is 4.74 Å². The van der Waals surface area contributed by atoms with Crippen molar-refractivity contribution in [2.45, 2.75) is 65.9 Å². The average Bonchev–Trinajstić information content (AvgIpc) is 2.57. The van der Waals surface area contributed by atoms with Crippen LogP contribution in [0.15, 0.2) is 46.9 Å². The Morgan fingerprint density at radius 2 is 1.40 bits per heavy atom. The number of carbonyl (C=O) groups is 2. The van der Waals surface area contributed by atoms with Gasteiger partial charge in [0, 0.05) is 42.4 Å². The maximum atomic E-state index is 13.2. The van der Waals surface area contributed by atoms with E-state index < -0.39 is 12.5 Å². The molecule has 6 heteroatoms. The number of para-hydroxylation sites is 1. The predicted molar refractivity (Wildman–Crippen MR) is 107 cm³/mol. The second-order valence-corrected chi connectivity index (χ2v) is 10.0. The van der Waals surface area contributed by atoms with Crippen LogP contribution in [0.5, 0.6) is 5.75 Å². The first kappa shape index (κ1) is 20.8. The molecular formula is C24H26F2O4. The lowest BCUT2D eigenvalue weighted by molar-refractivity contribution is -0.120. The minimum atomic E-state index is -3.00. The molecule has 0 saturated heterocycles.